The van der Waals surface area contributed by atoms with Crippen LogP contribution in [0.25, 0.3) is 0 Å². The summed E-state index contributed by atoms with van der Waals surface area (Å²) in [6, 6.07) is 5.37. The maximum atomic E-state index is 10.1. The van der Waals surface area contributed by atoms with E-state index >= 15 is 0 Å². The van der Waals surface area contributed by atoms with Gasteiger partial charge in [0.2, 0.25) is 0 Å². The Morgan fingerprint density at radius 3 is 2.39 bits per heavy atom. The third-order valence-corrected chi connectivity index (χ3v) is 4.17. The summed E-state index contributed by atoms with van der Waals surface area (Å²) in [5.74, 6) is 0.449. The summed E-state index contributed by atoms with van der Waals surface area (Å²) in [7, 11) is 0. The highest BCUT2D eigenvalue weighted by molar-refractivity contribution is 6.33. The molecule has 3 heteroatoms. The Hall–Kier alpha value is -0.240. The molecule has 1 N–H and O–H groups in total. The van der Waals surface area contributed by atoms with Crippen LogP contribution in [0.4, 0.5) is 0 Å². The highest BCUT2D eigenvalue weighted by atomic mass is 35.5. The van der Waals surface area contributed by atoms with E-state index in [-0.39, 0.29) is 11.5 Å². The third-order valence-electron chi connectivity index (χ3n) is 3.57. The van der Waals surface area contributed by atoms with E-state index in [4.69, 9.17) is 23.2 Å². The van der Waals surface area contributed by atoms with Gasteiger partial charge in [0.1, 0.15) is 0 Å². The molecule has 0 aliphatic heterocycles. The van der Waals surface area contributed by atoms with Gasteiger partial charge in [-0.2, -0.15) is 0 Å². The van der Waals surface area contributed by atoms with Gasteiger partial charge in [0.05, 0.1) is 6.10 Å². The molecule has 0 fully saturated rings. The molecule has 102 valence electrons. The fourth-order valence-corrected chi connectivity index (χ4v) is 2.19. The Bertz CT molecular complexity index is 396. The van der Waals surface area contributed by atoms with Crippen molar-refractivity contribution in [3.8, 4) is 0 Å². The van der Waals surface area contributed by atoms with Crippen molar-refractivity contribution in [2.45, 2.75) is 46.6 Å². The standard InChI is InChI=1S/C15H22Cl2O/c1-10(15(2,3)4)7-13(18)9-11-8-12(16)5-6-14(11)17/h5-6,8,10,13,18H,7,9H2,1-4H3. The van der Waals surface area contributed by atoms with Gasteiger partial charge in [-0.3, -0.25) is 0 Å². The number of rotatable bonds is 4. The van der Waals surface area contributed by atoms with Crippen molar-refractivity contribution in [1.82, 2.24) is 0 Å². The van der Waals surface area contributed by atoms with Crippen molar-refractivity contribution < 1.29 is 5.11 Å². The maximum absolute atomic E-state index is 10.1. The van der Waals surface area contributed by atoms with Crippen molar-refractivity contribution in [2.75, 3.05) is 0 Å². The second-order valence-electron chi connectivity index (χ2n) is 6.10. The molecule has 0 aliphatic carbocycles. The van der Waals surface area contributed by atoms with Gasteiger partial charge in [0.25, 0.3) is 0 Å². The monoisotopic (exact) mass is 288 g/mol. The average Bonchev–Trinajstić information content (AvgIpc) is 2.22. The second kappa shape index (κ2) is 6.27. The molecule has 1 rings (SSSR count). The second-order valence-corrected chi connectivity index (χ2v) is 6.94. The summed E-state index contributed by atoms with van der Waals surface area (Å²) in [6.45, 7) is 8.74. The molecular formula is C15H22Cl2O. The van der Waals surface area contributed by atoms with Gasteiger partial charge in [-0.05, 0) is 47.9 Å². The van der Waals surface area contributed by atoms with Gasteiger partial charge >= 0.3 is 0 Å². The largest absolute Gasteiger partial charge is 0.393 e. The quantitative estimate of drug-likeness (QED) is 0.829. The molecule has 0 saturated heterocycles. The minimum Gasteiger partial charge on any atom is -0.393 e. The molecule has 18 heavy (non-hydrogen) atoms. The third kappa shape index (κ3) is 4.79. The van der Waals surface area contributed by atoms with E-state index in [0.29, 0.717) is 22.4 Å². The molecule has 1 nitrogen and oxygen atoms in total. The Labute approximate surface area is 120 Å². The first-order valence-corrected chi connectivity index (χ1v) is 7.07. The minimum atomic E-state index is -0.379. The smallest absolute Gasteiger partial charge is 0.0583 e. The number of aliphatic hydroxyl groups is 1. The van der Waals surface area contributed by atoms with Crippen LogP contribution < -0.4 is 0 Å². The lowest BCUT2D eigenvalue weighted by Crippen LogP contribution is -2.24. The summed E-state index contributed by atoms with van der Waals surface area (Å²) in [5.41, 5.74) is 1.12. The lowest BCUT2D eigenvalue weighted by atomic mass is 9.78. The van der Waals surface area contributed by atoms with Crippen LogP contribution in [0.3, 0.4) is 0 Å². The topological polar surface area (TPSA) is 20.2 Å². The number of halogens is 2. The van der Waals surface area contributed by atoms with Gasteiger partial charge in [-0.25, -0.2) is 0 Å². The van der Waals surface area contributed by atoms with Gasteiger partial charge in [-0.1, -0.05) is 50.9 Å². The molecule has 0 aromatic heterocycles. The maximum Gasteiger partial charge on any atom is 0.0583 e. The van der Waals surface area contributed by atoms with Crippen LogP contribution in [0.2, 0.25) is 10.0 Å². The Kier molecular flexibility index (Phi) is 5.51. The van der Waals surface area contributed by atoms with Crippen molar-refractivity contribution in [2.24, 2.45) is 11.3 Å². The van der Waals surface area contributed by atoms with Gasteiger partial charge < -0.3 is 5.11 Å². The zero-order valence-electron chi connectivity index (χ0n) is 11.5. The van der Waals surface area contributed by atoms with Gasteiger partial charge in [0.15, 0.2) is 0 Å². The number of benzene rings is 1. The number of aliphatic hydroxyl groups excluding tert-OH is 1. The number of hydrogen-bond acceptors (Lipinski definition) is 1. The zero-order valence-corrected chi connectivity index (χ0v) is 13.0. The van der Waals surface area contributed by atoms with E-state index in [1.165, 1.54) is 0 Å². The normalized spacial score (nSPS) is 15.5. The van der Waals surface area contributed by atoms with E-state index < -0.39 is 0 Å². The lowest BCUT2D eigenvalue weighted by Gasteiger charge is -2.29. The lowest BCUT2D eigenvalue weighted by molar-refractivity contribution is 0.110. The zero-order chi connectivity index (χ0) is 13.9. The van der Waals surface area contributed by atoms with E-state index in [1.54, 1.807) is 12.1 Å². The average molecular weight is 289 g/mol. The predicted octanol–water partition coefficient (Wildman–Crippen LogP) is 4.97. The van der Waals surface area contributed by atoms with E-state index in [1.807, 2.05) is 6.07 Å². The summed E-state index contributed by atoms with van der Waals surface area (Å²) in [4.78, 5) is 0. The Morgan fingerprint density at radius 2 is 1.83 bits per heavy atom. The minimum absolute atomic E-state index is 0.207. The van der Waals surface area contributed by atoms with Gasteiger partial charge in [-0.15, -0.1) is 0 Å². The molecule has 0 aliphatic rings. The summed E-state index contributed by atoms with van der Waals surface area (Å²) in [5, 5.41) is 11.5. The Balaban J connectivity index is 2.65. The van der Waals surface area contributed by atoms with Crippen molar-refractivity contribution in [1.29, 1.82) is 0 Å². The molecule has 0 bridgehead atoms. The summed E-state index contributed by atoms with van der Waals surface area (Å²) < 4.78 is 0. The van der Waals surface area contributed by atoms with E-state index in [2.05, 4.69) is 27.7 Å². The first-order valence-electron chi connectivity index (χ1n) is 6.32. The van der Waals surface area contributed by atoms with Crippen molar-refractivity contribution >= 4 is 23.2 Å². The molecule has 0 amide bonds. The SMILES string of the molecule is CC(CC(O)Cc1cc(Cl)ccc1Cl)C(C)(C)C. The molecule has 1 aromatic carbocycles. The van der Waals surface area contributed by atoms with Crippen LogP contribution in [0.1, 0.15) is 39.7 Å². The van der Waals surface area contributed by atoms with Crippen molar-refractivity contribution in [3.05, 3.63) is 33.8 Å². The number of hydrogen-bond donors (Lipinski definition) is 1. The molecule has 2 atom stereocenters. The molecule has 2 unspecified atom stereocenters. The van der Waals surface area contributed by atoms with Crippen LogP contribution in [-0.2, 0) is 6.42 Å². The highest BCUT2D eigenvalue weighted by Gasteiger charge is 2.23. The molecule has 1 aromatic rings. The summed E-state index contributed by atoms with van der Waals surface area (Å²) in [6.07, 6.45) is 0.946. The van der Waals surface area contributed by atoms with Crippen LogP contribution >= 0.6 is 23.2 Å². The first kappa shape index (κ1) is 15.8. The van der Waals surface area contributed by atoms with E-state index in [9.17, 15) is 5.11 Å². The fourth-order valence-electron chi connectivity index (χ4n) is 1.80. The molecular weight excluding hydrogens is 267 g/mol. The Morgan fingerprint density at radius 1 is 1.22 bits per heavy atom. The van der Waals surface area contributed by atoms with Crippen LogP contribution in [0.5, 0.6) is 0 Å². The molecule has 0 saturated carbocycles. The molecule has 0 radical (unpaired) electrons. The first-order chi connectivity index (χ1) is 8.20. The van der Waals surface area contributed by atoms with Crippen molar-refractivity contribution in [3.63, 3.8) is 0 Å². The fraction of sp³-hybridized carbons (Fsp3) is 0.600. The predicted molar refractivity (Wildman–Crippen MR) is 79.4 cm³/mol. The van der Waals surface area contributed by atoms with Crippen LogP contribution in [-0.4, -0.2) is 11.2 Å². The summed E-state index contributed by atoms with van der Waals surface area (Å²) >= 11 is 12.0. The van der Waals surface area contributed by atoms with E-state index in [0.717, 1.165) is 12.0 Å². The van der Waals surface area contributed by atoms with Crippen LogP contribution in [0.15, 0.2) is 18.2 Å². The van der Waals surface area contributed by atoms with Gasteiger partial charge in [0, 0.05) is 10.0 Å². The van der Waals surface area contributed by atoms with Crippen LogP contribution in [0, 0.1) is 11.3 Å². The molecule has 0 spiro atoms. The highest BCUT2D eigenvalue weighted by Crippen LogP contribution is 2.30. The molecule has 0 heterocycles.